The van der Waals surface area contributed by atoms with Crippen molar-refractivity contribution < 1.29 is 23.5 Å². The molecule has 2 saturated heterocycles. The van der Waals surface area contributed by atoms with Gasteiger partial charge in [0.15, 0.2) is 12.3 Å². The monoisotopic (exact) mass is 368 g/mol. The first-order chi connectivity index (χ1) is 13.2. The summed E-state index contributed by atoms with van der Waals surface area (Å²) in [5.41, 5.74) is 2.66. The van der Waals surface area contributed by atoms with Gasteiger partial charge in [-0.15, -0.1) is 0 Å². The number of carbonyl (C=O) groups is 1. The van der Waals surface area contributed by atoms with Gasteiger partial charge in [-0.05, 0) is 24.1 Å². The van der Waals surface area contributed by atoms with Crippen LogP contribution < -0.4 is 0 Å². The average molecular weight is 368 g/mol. The minimum absolute atomic E-state index is 0.0152. The number of carbonyl (C=O) groups excluding carboxylic acids is 1. The molecule has 27 heavy (non-hydrogen) atoms. The molecule has 2 fully saturated rings. The number of quaternary nitrogens is 1. The van der Waals surface area contributed by atoms with E-state index < -0.39 is 5.79 Å². The summed E-state index contributed by atoms with van der Waals surface area (Å²) in [5, 5.41) is 0. The van der Waals surface area contributed by atoms with E-state index in [-0.39, 0.29) is 17.9 Å². The van der Waals surface area contributed by atoms with Gasteiger partial charge in [0, 0.05) is 17.1 Å². The highest BCUT2D eigenvalue weighted by Crippen LogP contribution is 2.45. The van der Waals surface area contributed by atoms with E-state index in [0.717, 1.165) is 60.5 Å². The smallest absolute Gasteiger partial charge is 0.247 e. The predicted octanol–water partition coefficient (Wildman–Crippen LogP) is 2.79. The summed E-state index contributed by atoms with van der Waals surface area (Å²) in [6, 6.07) is 7.87. The SMILES string of the molecule is CCCOC1(OC2C[N+]23CCOCC3)C=CC2C(=C1)C(=O)c1ccccc12. The minimum Gasteiger partial charge on any atom is -0.370 e. The maximum Gasteiger partial charge on any atom is 0.247 e. The molecule has 2 aliphatic carbocycles. The van der Waals surface area contributed by atoms with E-state index >= 15 is 0 Å². The average Bonchev–Trinajstić information content (AvgIpc) is 3.26. The molecule has 0 aromatic heterocycles. The number of morpholine rings is 1. The van der Waals surface area contributed by atoms with Crippen LogP contribution in [0.5, 0.6) is 0 Å². The molecule has 3 unspecified atom stereocenters. The Morgan fingerprint density at radius 1 is 1.26 bits per heavy atom. The summed E-state index contributed by atoms with van der Waals surface area (Å²) >= 11 is 0. The number of ether oxygens (including phenoxy) is 3. The zero-order chi connectivity index (χ0) is 18.5. The van der Waals surface area contributed by atoms with Gasteiger partial charge in [-0.1, -0.05) is 37.3 Å². The number of benzene rings is 1. The number of hydrogen-bond acceptors (Lipinski definition) is 4. The first-order valence-corrected chi connectivity index (χ1v) is 9.97. The largest absolute Gasteiger partial charge is 0.370 e. The van der Waals surface area contributed by atoms with Gasteiger partial charge in [-0.2, -0.15) is 0 Å². The van der Waals surface area contributed by atoms with Gasteiger partial charge in [0.1, 0.15) is 13.1 Å². The standard InChI is InChI=1S/C22H26NO4/c1-2-11-26-22(27-20-15-23(20)9-12-25-13-10-23)8-7-17-16-5-3-4-6-18(16)21(24)19(17)14-22/h3-8,14,17,20H,2,9-13,15H2,1H3/q+1. The minimum atomic E-state index is -0.940. The van der Waals surface area contributed by atoms with Crippen LogP contribution >= 0.6 is 0 Å². The summed E-state index contributed by atoms with van der Waals surface area (Å²) in [5.74, 6) is -0.829. The summed E-state index contributed by atoms with van der Waals surface area (Å²) in [7, 11) is 0. The quantitative estimate of drug-likeness (QED) is 0.347. The fourth-order valence-electron chi connectivity index (χ4n) is 4.56. The van der Waals surface area contributed by atoms with Gasteiger partial charge in [-0.25, -0.2) is 0 Å². The van der Waals surface area contributed by atoms with Crippen molar-refractivity contribution in [3.8, 4) is 0 Å². The third-order valence-electron chi connectivity index (χ3n) is 6.23. The zero-order valence-electron chi connectivity index (χ0n) is 15.7. The maximum absolute atomic E-state index is 13.0. The lowest BCUT2D eigenvalue weighted by molar-refractivity contribution is -0.839. The number of nitrogens with zero attached hydrogens (tertiary/aromatic N) is 1. The Balaban J connectivity index is 1.44. The summed E-state index contributed by atoms with van der Waals surface area (Å²) in [6.45, 7) is 7.22. The van der Waals surface area contributed by atoms with Gasteiger partial charge >= 0.3 is 0 Å². The van der Waals surface area contributed by atoms with Crippen LogP contribution in [0.15, 0.2) is 48.1 Å². The molecule has 142 valence electrons. The van der Waals surface area contributed by atoms with Crippen LogP contribution in [0, 0.1) is 0 Å². The second kappa shape index (κ2) is 6.38. The van der Waals surface area contributed by atoms with Crippen LogP contribution in [-0.4, -0.2) is 61.7 Å². The number of fused-ring (bicyclic) bond motifs is 3. The lowest BCUT2D eigenvalue weighted by Gasteiger charge is -2.33. The molecule has 5 heteroatoms. The highest BCUT2D eigenvalue weighted by Gasteiger charge is 2.60. The Labute approximate surface area is 159 Å². The molecular formula is C22H26NO4+. The highest BCUT2D eigenvalue weighted by molar-refractivity contribution is 6.15. The molecule has 4 aliphatic rings. The second-order valence-electron chi connectivity index (χ2n) is 7.96. The molecule has 3 atom stereocenters. The van der Waals surface area contributed by atoms with Crippen LogP contribution in [0.25, 0.3) is 0 Å². The number of allylic oxidation sites excluding steroid dienone is 2. The Kier molecular flexibility index (Phi) is 4.09. The van der Waals surface area contributed by atoms with Gasteiger partial charge in [0.25, 0.3) is 0 Å². The fraction of sp³-hybridized carbons (Fsp3) is 0.500. The van der Waals surface area contributed by atoms with E-state index in [1.165, 1.54) is 0 Å². The van der Waals surface area contributed by atoms with Gasteiger partial charge < -0.3 is 9.47 Å². The molecule has 0 N–H and O–H groups in total. The third-order valence-corrected chi connectivity index (χ3v) is 6.23. The van der Waals surface area contributed by atoms with Crippen molar-refractivity contribution in [1.29, 1.82) is 0 Å². The van der Waals surface area contributed by atoms with Crippen molar-refractivity contribution >= 4 is 5.78 Å². The van der Waals surface area contributed by atoms with Gasteiger partial charge in [0.05, 0.1) is 19.8 Å². The predicted molar refractivity (Wildman–Crippen MR) is 100 cm³/mol. The number of hydrogen-bond donors (Lipinski definition) is 0. The van der Waals surface area contributed by atoms with E-state index in [0.29, 0.717) is 6.61 Å². The van der Waals surface area contributed by atoms with E-state index in [1.54, 1.807) is 0 Å². The second-order valence-corrected chi connectivity index (χ2v) is 7.96. The Morgan fingerprint density at radius 2 is 2.07 bits per heavy atom. The highest BCUT2D eigenvalue weighted by atomic mass is 16.7. The normalized spacial score (nSPS) is 32.9. The number of Topliss-reactive ketones (excluding diaryl/α,β-unsaturated/α-hetero) is 1. The van der Waals surface area contributed by atoms with Crippen molar-refractivity contribution in [1.82, 2.24) is 0 Å². The number of ketones is 1. The van der Waals surface area contributed by atoms with Crippen molar-refractivity contribution in [2.45, 2.75) is 31.3 Å². The molecule has 0 bridgehead atoms. The van der Waals surface area contributed by atoms with Crippen molar-refractivity contribution in [3.05, 3.63) is 59.2 Å². The topological polar surface area (TPSA) is 44.8 Å². The maximum atomic E-state index is 13.0. The van der Waals surface area contributed by atoms with Crippen molar-refractivity contribution in [2.75, 3.05) is 39.5 Å². The molecule has 0 amide bonds. The van der Waals surface area contributed by atoms with E-state index in [2.05, 4.69) is 13.0 Å². The van der Waals surface area contributed by atoms with E-state index in [4.69, 9.17) is 14.2 Å². The van der Waals surface area contributed by atoms with Crippen molar-refractivity contribution in [2.24, 2.45) is 0 Å². The van der Waals surface area contributed by atoms with Crippen molar-refractivity contribution in [3.63, 3.8) is 0 Å². The fourth-order valence-corrected chi connectivity index (χ4v) is 4.56. The third kappa shape index (κ3) is 2.81. The lowest BCUT2D eigenvalue weighted by atomic mass is 9.90. The molecule has 1 spiro atoms. The van der Waals surface area contributed by atoms with Crippen LogP contribution in [0.3, 0.4) is 0 Å². The summed E-state index contributed by atoms with van der Waals surface area (Å²) in [6.07, 6.45) is 7.05. The molecule has 0 radical (unpaired) electrons. The molecule has 1 aromatic carbocycles. The Bertz CT molecular complexity index is 823. The molecule has 1 aromatic rings. The molecule has 2 heterocycles. The first-order valence-electron chi connectivity index (χ1n) is 9.97. The van der Waals surface area contributed by atoms with Crippen LogP contribution in [0.4, 0.5) is 0 Å². The Morgan fingerprint density at radius 3 is 2.89 bits per heavy atom. The van der Waals surface area contributed by atoms with Crippen LogP contribution in [0.1, 0.15) is 35.2 Å². The first kappa shape index (κ1) is 17.3. The van der Waals surface area contributed by atoms with E-state index in [9.17, 15) is 4.79 Å². The van der Waals surface area contributed by atoms with Crippen LogP contribution in [0.2, 0.25) is 0 Å². The van der Waals surface area contributed by atoms with Gasteiger partial charge in [-0.3, -0.25) is 14.0 Å². The Hall–Kier alpha value is -1.79. The summed E-state index contributed by atoms with van der Waals surface area (Å²) < 4.78 is 19.2. The summed E-state index contributed by atoms with van der Waals surface area (Å²) in [4.78, 5) is 13.0. The molecule has 5 nitrogen and oxygen atoms in total. The molecule has 2 aliphatic heterocycles. The van der Waals surface area contributed by atoms with E-state index in [1.807, 2.05) is 36.4 Å². The van der Waals surface area contributed by atoms with Gasteiger partial charge in [0.2, 0.25) is 12.0 Å². The molecular weight excluding hydrogens is 342 g/mol. The molecule has 5 rings (SSSR count). The lowest BCUT2D eigenvalue weighted by Crippen LogP contribution is -2.44. The number of rotatable bonds is 5. The zero-order valence-corrected chi connectivity index (χ0v) is 15.7. The van der Waals surface area contributed by atoms with Crippen LogP contribution in [-0.2, 0) is 14.2 Å². The molecule has 0 saturated carbocycles.